The predicted molar refractivity (Wildman–Crippen MR) is 155 cm³/mol. The van der Waals surface area contributed by atoms with Crippen LogP contribution in [0.4, 0.5) is 0 Å². The Morgan fingerprint density at radius 1 is 0.333 bits per heavy atom. The van der Waals surface area contributed by atoms with Gasteiger partial charge in [0.1, 0.15) is 0 Å². The van der Waals surface area contributed by atoms with Crippen molar-refractivity contribution in [3.63, 3.8) is 0 Å². The summed E-state index contributed by atoms with van der Waals surface area (Å²) in [4.78, 5) is 0. The molecule has 0 N–H and O–H groups in total. The lowest BCUT2D eigenvalue weighted by Crippen LogP contribution is -1.90. The van der Waals surface area contributed by atoms with Gasteiger partial charge >= 0.3 is 0 Å². The average molecular weight is 458 g/mol. The maximum Gasteiger partial charge on any atom is 0.0623 e. The van der Waals surface area contributed by atoms with Crippen LogP contribution in [0.1, 0.15) is 1.37 Å². The molecule has 0 fully saturated rings. The molecule has 0 unspecified atom stereocenters. The summed E-state index contributed by atoms with van der Waals surface area (Å²) in [5.74, 6) is 0. The molecule has 168 valence electrons. The zero-order valence-electron chi connectivity index (χ0n) is 20.8. The van der Waals surface area contributed by atoms with Crippen molar-refractivity contribution in [1.82, 2.24) is 0 Å². The van der Waals surface area contributed by atoms with E-state index >= 15 is 0 Å². The molecule has 0 aliphatic heterocycles. The van der Waals surface area contributed by atoms with E-state index in [0.717, 1.165) is 5.39 Å². The van der Waals surface area contributed by atoms with Crippen LogP contribution < -0.4 is 0 Å². The van der Waals surface area contributed by atoms with E-state index in [1.165, 1.54) is 60.3 Å². The van der Waals surface area contributed by atoms with Gasteiger partial charge in [0.2, 0.25) is 0 Å². The lowest BCUT2D eigenvalue weighted by Gasteiger charge is -2.18. The molecule has 0 heteroatoms. The molecule has 7 rings (SSSR count). The Balaban J connectivity index is 1.46. The van der Waals surface area contributed by atoms with E-state index < -0.39 is 0 Å². The maximum atomic E-state index is 8.40. The maximum absolute atomic E-state index is 8.40. The van der Waals surface area contributed by atoms with Gasteiger partial charge < -0.3 is 0 Å². The first-order valence-electron chi connectivity index (χ1n) is 12.9. The third-order valence-electron chi connectivity index (χ3n) is 7.19. The quantitative estimate of drug-likeness (QED) is 0.232. The van der Waals surface area contributed by atoms with Gasteiger partial charge in [-0.25, -0.2) is 0 Å². The number of fused-ring (bicyclic) bond motifs is 3. The van der Waals surface area contributed by atoms with Gasteiger partial charge in [-0.1, -0.05) is 140 Å². The van der Waals surface area contributed by atoms with Crippen molar-refractivity contribution in [2.24, 2.45) is 0 Å². The van der Waals surface area contributed by atoms with Crippen LogP contribution in [-0.2, 0) is 0 Å². The Kier molecular flexibility index (Phi) is 4.64. The first-order chi connectivity index (χ1) is 18.3. The molecule has 0 spiro atoms. The minimum absolute atomic E-state index is 0.526. The van der Waals surface area contributed by atoms with Crippen molar-refractivity contribution in [1.29, 1.82) is 0 Å². The van der Waals surface area contributed by atoms with Gasteiger partial charge in [0, 0.05) is 0 Å². The third-order valence-corrected chi connectivity index (χ3v) is 7.19. The summed E-state index contributed by atoms with van der Waals surface area (Å²) < 4.78 is 8.40. The van der Waals surface area contributed by atoms with Crippen LogP contribution in [-0.4, -0.2) is 0 Å². The van der Waals surface area contributed by atoms with E-state index in [2.05, 4.69) is 127 Å². The van der Waals surface area contributed by atoms with Crippen LogP contribution in [0, 0.1) is 0 Å². The highest BCUT2D eigenvalue weighted by molar-refractivity contribution is 6.21. The van der Waals surface area contributed by atoms with Crippen LogP contribution in [0.5, 0.6) is 0 Å². The number of hydrogen-bond acceptors (Lipinski definition) is 0. The second kappa shape index (κ2) is 8.52. The monoisotopic (exact) mass is 457 g/mol. The minimum atomic E-state index is 0.526. The summed E-state index contributed by atoms with van der Waals surface area (Å²) in [7, 11) is 0. The van der Waals surface area contributed by atoms with E-state index in [1.54, 1.807) is 0 Å². The molecule has 0 bridgehead atoms. The molecule has 36 heavy (non-hydrogen) atoms. The van der Waals surface area contributed by atoms with Crippen LogP contribution in [0.15, 0.2) is 146 Å². The van der Waals surface area contributed by atoms with Gasteiger partial charge in [-0.05, 0) is 71.8 Å². The van der Waals surface area contributed by atoms with Crippen LogP contribution in [0.2, 0.25) is 0 Å². The van der Waals surface area contributed by atoms with Gasteiger partial charge in [0.05, 0.1) is 1.37 Å². The Labute approximate surface area is 212 Å². The molecular formula is C36H24. The molecule has 0 amide bonds. The molecule has 0 aliphatic rings. The molecule has 0 heterocycles. The summed E-state index contributed by atoms with van der Waals surface area (Å²) in [5.41, 5.74) is 7.19. The predicted octanol–water partition coefficient (Wildman–Crippen LogP) is 10.1. The SMILES string of the molecule is [2H]c1ccc2c(-c3ccc(-c4ccc5ccccc5c4)cc3)c3ccccc3c(-c3ccccc3)c2c1. The second-order valence-electron chi connectivity index (χ2n) is 9.27. The van der Waals surface area contributed by atoms with Gasteiger partial charge in [-0.15, -0.1) is 0 Å². The zero-order valence-corrected chi connectivity index (χ0v) is 19.8. The van der Waals surface area contributed by atoms with Crippen molar-refractivity contribution < 1.29 is 1.37 Å². The zero-order chi connectivity index (χ0) is 24.8. The summed E-state index contributed by atoms with van der Waals surface area (Å²) in [6.07, 6.45) is 0. The Bertz CT molecular complexity index is 1920. The fourth-order valence-electron chi connectivity index (χ4n) is 5.49. The van der Waals surface area contributed by atoms with Gasteiger partial charge in [0.15, 0.2) is 0 Å². The largest absolute Gasteiger partial charge is 0.0623 e. The first-order valence-corrected chi connectivity index (χ1v) is 12.4. The second-order valence-corrected chi connectivity index (χ2v) is 9.27. The summed E-state index contributed by atoms with van der Waals surface area (Å²) in [6.45, 7) is 0. The van der Waals surface area contributed by atoms with Gasteiger partial charge in [-0.2, -0.15) is 0 Å². The molecule has 0 aromatic heterocycles. The summed E-state index contributed by atoms with van der Waals surface area (Å²) >= 11 is 0. The minimum Gasteiger partial charge on any atom is -0.0622 e. The van der Waals surface area contributed by atoms with Crippen LogP contribution in [0.3, 0.4) is 0 Å². The van der Waals surface area contributed by atoms with E-state index in [0.29, 0.717) is 6.04 Å². The molecule has 7 aromatic rings. The number of benzene rings is 7. The molecule has 0 atom stereocenters. The van der Waals surface area contributed by atoms with Gasteiger partial charge in [-0.3, -0.25) is 0 Å². The lowest BCUT2D eigenvalue weighted by atomic mass is 9.86. The Hall–Kier alpha value is -4.68. The number of hydrogen-bond donors (Lipinski definition) is 0. The van der Waals surface area contributed by atoms with E-state index in [9.17, 15) is 0 Å². The number of rotatable bonds is 3. The molecule has 7 aromatic carbocycles. The highest BCUT2D eigenvalue weighted by Gasteiger charge is 2.16. The van der Waals surface area contributed by atoms with E-state index in [4.69, 9.17) is 1.37 Å². The molecule has 0 aliphatic carbocycles. The smallest absolute Gasteiger partial charge is 0.0622 e. The first kappa shape index (κ1) is 19.6. The van der Waals surface area contributed by atoms with Crippen molar-refractivity contribution in [3.8, 4) is 33.4 Å². The Morgan fingerprint density at radius 3 is 1.56 bits per heavy atom. The standard InChI is InChI=1S/C36H24/c1-2-11-27(12-3-1)35-31-14-6-8-16-33(31)36(34-17-9-7-15-32(34)35)28-21-18-26(19-22-28)30-23-20-25-10-4-5-13-29(25)24-30/h1-24H/i6D. The van der Waals surface area contributed by atoms with E-state index in [1.807, 2.05) is 12.1 Å². The highest BCUT2D eigenvalue weighted by Crippen LogP contribution is 2.43. The molecule has 0 radical (unpaired) electrons. The summed E-state index contributed by atoms with van der Waals surface area (Å²) in [6, 6.07) is 49.8. The van der Waals surface area contributed by atoms with Crippen molar-refractivity contribution in [3.05, 3.63) is 146 Å². The highest BCUT2D eigenvalue weighted by atomic mass is 14.2. The lowest BCUT2D eigenvalue weighted by molar-refractivity contribution is 1.62. The Morgan fingerprint density at radius 2 is 0.833 bits per heavy atom. The molecule has 0 saturated carbocycles. The van der Waals surface area contributed by atoms with Crippen molar-refractivity contribution in [2.45, 2.75) is 0 Å². The molecular weight excluding hydrogens is 432 g/mol. The topological polar surface area (TPSA) is 0 Å². The average Bonchev–Trinajstić information content (AvgIpc) is 2.96. The normalized spacial score (nSPS) is 11.7. The summed E-state index contributed by atoms with van der Waals surface area (Å²) in [5, 5.41) is 7.24. The van der Waals surface area contributed by atoms with E-state index in [-0.39, 0.29) is 0 Å². The molecule has 0 nitrogen and oxygen atoms in total. The van der Waals surface area contributed by atoms with Crippen LogP contribution >= 0.6 is 0 Å². The van der Waals surface area contributed by atoms with Crippen molar-refractivity contribution >= 4 is 32.3 Å². The molecule has 0 saturated heterocycles. The fraction of sp³-hybridized carbons (Fsp3) is 0. The van der Waals surface area contributed by atoms with Gasteiger partial charge in [0.25, 0.3) is 0 Å². The van der Waals surface area contributed by atoms with Crippen LogP contribution in [0.25, 0.3) is 65.7 Å². The third kappa shape index (κ3) is 3.39. The van der Waals surface area contributed by atoms with Crippen molar-refractivity contribution in [2.75, 3.05) is 0 Å². The fourth-order valence-corrected chi connectivity index (χ4v) is 5.49.